The average Bonchev–Trinajstić information content (AvgIpc) is 3.33. The van der Waals surface area contributed by atoms with Crippen molar-refractivity contribution in [2.24, 2.45) is 11.8 Å². The van der Waals surface area contributed by atoms with E-state index in [0.29, 0.717) is 11.6 Å². The lowest BCUT2D eigenvalue weighted by Gasteiger charge is -2.14. The van der Waals surface area contributed by atoms with Gasteiger partial charge in [0.15, 0.2) is 0 Å². The summed E-state index contributed by atoms with van der Waals surface area (Å²) in [6.45, 7) is 0.463. The van der Waals surface area contributed by atoms with E-state index in [9.17, 15) is 9.59 Å². The van der Waals surface area contributed by atoms with Crippen LogP contribution in [0.1, 0.15) is 18.4 Å². The van der Waals surface area contributed by atoms with Gasteiger partial charge >= 0.3 is 0 Å². The molecule has 7 nitrogen and oxygen atoms in total. The van der Waals surface area contributed by atoms with Crippen LogP contribution in [-0.2, 0) is 20.9 Å². The first kappa shape index (κ1) is 15.0. The third-order valence-corrected chi connectivity index (χ3v) is 5.48. The van der Waals surface area contributed by atoms with Crippen LogP contribution in [0, 0.1) is 11.8 Å². The van der Waals surface area contributed by atoms with Gasteiger partial charge in [-0.3, -0.25) is 9.59 Å². The van der Waals surface area contributed by atoms with E-state index >= 15 is 0 Å². The SMILES string of the molecule is O=C1[C@@H]2[C@H](C(=O)N1c1ncn(Cc3cccc(Cl)c3)n1)[C@@H]1CC[C@@H]2O1. The van der Waals surface area contributed by atoms with Crippen molar-refractivity contribution in [2.45, 2.75) is 31.6 Å². The lowest BCUT2D eigenvalue weighted by Crippen LogP contribution is -2.35. The standard InChI is InChI=1S/C17H15ClN4O3/c18-10-3-1-2-9(6-10)7-21-8-19-17(20-21)22-15(23)13-11-4-5-12(25-11)14(13)16(22)24/h1-3,6,8,11-14H,4-5,7H2/t11-,12-,13-,14+/m0/s1. The Hall–Kier alpha value is -2.25. The predicted octanol–water partition coefficient (Wildman–Crippen LogP) is 1.65. The number of anilines is 1. The Labute approximate surface area is 148 Å². The van der Waals surface area contributed by atoms with Gasteiger partial charge in [0.1, 0.15) is 6.33 Å². The van der Waals surface area contributed by atoms with E-state index in [1.165, 1.54) is 6.33 Å². The second-order valence-corrected chi connectivity index (χ2v) is 7.16. The molecule has 25 heavy (non-hydrogen) atoms. The molecule has 1 aromatic carbocycles. The molecule has 2 bridgehead atoms. The van der Waals surface area contributed by atoms with Crippen molar-refractivity contribution in [2.75, 3.05) is 4.90 Å². The summed E-state index contributed by atoms with van der Waals surface area (Å²) in [4.78, 5) is 30.8. The van der Waals surface area contributed by atoms with Crippen molar-refractivity contribution >= 4 is 29.4 Å². The molecule has 4 atom stereocenters. The predicted molar refractivity (Wildman–Crippen MR) is 87.9 cm³/mol. The van der Waals surface area contributed by atoms with Crippen LogP contribution in [0.25, 0.3) is 0 Å². The van der Waals surface area contributed by atoms with E-state index < -0.39 is 0 Å². The summed E-state index contributed by atoms with van der Waals surface area (Å²) in [7, 11) is 0. The zero-order valence-corrected chi connectivity index (χ0v) is 14.0. The maximum Gasteiger partial charge on any atom is 0.258 e. The van der Waals surface area contributed by atoms with Gasteiger partial charge < -0.3 is 4.74 Å². The van der Waals surface area contributed by atoms with Gasteiger partial charge in [0, 0.05) is 5.02 Å². The molecule has 3 aliphatic heterocycles. The Kier molecular flexibility index (Phi) is 3.23. The molecular formula is C17H15ClN4O3. The van der Waals surface area contributed by atoms with Crippen molar-refractivity contribution in [3.05, 3.63) is 41.2 Å². The number of imide groups is 1. The molecule has 0 unspecified atom stereocenters. The number of aromatic nitrogens is 3. The Bertz CT molecular complexity index is 854. The van der Waals surface area contributed by atoms with E-state index in [0.717, 1.165) is 23.3 Å². The highest BCUT2D eigenvalue weighted by atomic mass is 35.5. The molecule has 1 aromatic heterocycles. The van der Waals surface area contributed by atoms with Crippen LogP contribution in [0.5, 0.6) is 0 Å². The summed E-state index contributed by atoms with van der Waals surface area (Å²) in [5, 5.41) is 4.97. The number of fused-ring (bicyclic) bond motifs is 5. The number of rotatable bonds is 3. The Balaban J connectivity index is 1.40. The van der Waals surface area contributed by atoms with Crippen molar-refractivity contribution < 1.29 is 14.3 Å². The van der Waals surface area contributed by atoms with Gasteiger partial charge in [0.2, 0.25) is 11.8 Å². The molecule has 3 fully saturated rings. The molecule has 3 aliphatic rings. The summed E-state index contributed by atoms with van der Waals surface area (Å²) < 4.78 is 7.33. The van der Waals surface area contributed by atoms with Crippen LogP contribution in [0.15, 0.2) is 30.6 Å². The Morgan fingerprint density at radius 3 is 2.56 bits per heavy atom. The van der Waals surface area contributed by atoms with Crippen LogP contribution in [-0.4, -0.2) is 38.8 Å². The molecule has 0 N–H and O–H groups in total. The Morgan fingerprint density at radius 1 is 1.16 bits per heavy atom. The number of ether oxygens (including phenoxy) is 1. The van der Waals surface area contributed by atoms with Crippen LogP contribution in [0.4, 0.5) is 5.95 Å². The smallest absolute Gasteiger partial charge is 0.258 e. The monoisotopic (exact) mass is 358 g/mol. The number of hydrogen-bond acceptors (Lipinski definition) is 5. The van der Waals surface area contributed by atoms with Crippen LogP contribution < -0.4 is 4.90 Å². The fraction of sp³-hybridized carbons (Fsp3) is 0.412. The van der Waals surface area contributed by atoms with Gasteiger partial charge in [-0.2, -0.15) is 4.98 Å². The molecule has 128 valence electrons. The van der Waals surface area contributed by atoms with Gasteiger partial charge in [-0.25, -0.2) is 9.58 Å². The number of hydrogen-bond donors (Lipinski definition) is 0. The summed E-state index contributed by atoms with van der Waals surface area (Å²) in [5.74, 6) is -1.06. The van der Waals surface area contributed by atoms with Crippen molar-refractivity contribution in [1.29, 1.82) is 0 Å². The number of halogens is 1. The van der Waals surface area contributed by atoms with Crippen molar-refractivity contribution in [3.63, 3.8) is 0 Å². The topological polar surface area (TPSA) is 77.3 Å². The normalized spacial score (nSPS) is 30.4. The van der Waals surface area contributed by atoms with Gasteiger partial charge in [-0.1, -0.05) is 23.7 Å². The van der Waals surface area contributed by atoms with Gasteiger partial charge in [-0.15, -0.1) is 5.10 Å². The maximum absolute atomic E-state index is 12.7. The first-order valence-electron chi connectivity index (χ1n) is 8.29. The first-order chi connectivity index (χ1) is 12.1. The average molecular weight is 359 g/mol. The Morgan fingerprint density at radius 2 is 1.88 bits per heavy atom. The lowest BCUT2D eigenvalue weighted by atomic mass is 9.81. The fourth-order valence-corrected chi connectivity index (χ4v) is 4.41. The highest BCUT2D eigenvalue weighted by Crippen LogP contribution is 2.48. The number of nitrogens with zero attached hydrogens (tertiary/aromatic N) is 4. The summed E-state index contributed by atoms with van der Waals surface area (Å²) in [6.07, 6.45) is 2.94. The lowest BCUT2D eigenvalue weighted by molar-refractivity contribution is -0.124. The minimum atomic E-state index is -0.369. The molecule has 0 radical (unpaired) electrons. The van der Waals surface area contributed by atoms with Crippen molar-refractivity contribution in [3.8, 4) is 0 Å². The number of carbonyl (C=O) groups is 2. The van der Waals surface area contributed by atoms with Crippen LogP contribution in [0.2, 0.25) is 5.02 Å². The second-order valence-electron chi connectivity index (χ2n) is 6.73. The molecule has 4 heterocycles. The van der Waals surface area contributed by atoms with Gasteiger partial charge in [0.25, 0.3) is 5.95 Å². The van der Waals surface area contributed by atoms with E-state index in [-0.39, 0.29) is 41.8 Å². The minimum absolute atomic E-state index is 0.134. The van der Waals surface area contributed by atoms with Crippen molar-refractivity contribution in [1.82, 2.24) is 14.8 Å². The number of benzene rings is 1. The molecular weight excluding hydrogens is 344 g/mol. The van der Waals surface area contributed by atoms with E-state index in [4.69, 9.17) is 16.3 Å². The molecule has 2 aromatic rings. The van der Waals surface area contributed by atoms with E-state index in [1.807, 2.05) is 18.2 Å². The summed E-state index contributed by atoms with van der Waals surface area (Å²) >= 11 is 5.99. The highest BCUT2D eigenvalue weighted by molar-refractivity contribution is 6.30. The third-order valence-electron chi connectivity index (χ3n) is 5.24. The summed E-state index contributed by atoms with van der Waals surface area (Å²) in [6, 6.07) is 7.43. The maximum atomic E-state index is 12.7. The molecule has 0 saturated carbocycles. The van der Waals surface area contributed by atoms with Gasteiger partial charge in [0.05, 0.1) is 30.6 Å². The van der Waals surface area contributed by atoms with E-state index in [1.54, 1.807) is 10.7 Å². The number of carbonyl (C=O) groups excluding carboxylic acids is 2. The highest BCUT2D eigenvalue weighted by Gasteiger charge is 2.63. The summed E-state index contributed by atoms with van der Waals surface area (Å²) in [5.41, 5.74) is 0.964. The van der Waals surface area contributed by atoms with Gasteiger partial charge in [-0.05, 0) is 30.5 Å². The zero-order chi connectivity index (χ0) is 17.1. The molecule has 8 heteroatoms. The largest absolute Gasteiger partial charge is 0.373 e. The molecule has 0 spiro atoms. The third kappa shape index (κ3) is 2.22. The zero-order valence-electron chi connectivity index (χ0n) is 13.2. The van der Waals surface area contributed by atoms with E-state index in [2.05, 4.69) is 10.1 Å². The molecule has 0 aliphatic carbocycles. The first-order valence-corrected chi connectivity index (χ1v) is 8.67. The quantitative estimate of drug-likeness (QED) is 0.780. The minimum Gasteiger partial charge on any atom is -0.373 e. The van der Waals surface area contributed by atoms with Crippen LogP contribution in [0.3, 0.4) is 0 Å². The molecule has 5 rings (SSSR count). The van der Waals surface area contributed by atoms with Crippen LogP contribution >= 0.6 is 11.6 Å². The molecule has 2 amide bonds. The number of amides is 2. The molecule has 3 saturated heterocycles. The fourth-order valence-electron chi connectivity index (χ4n) is 4.19. The second kappa shape index (κ2) is 5.37.